The molecular formula is C24H20FN3O3. The van der Waals surface area contributed by atoms with Gasteiger partial charge in [0.25, 0.3) is 0 Å². The van der Waals surface area contributed by atoms with E-state index in [1.165, 1.54) is 12.1 Å². The van der Waals surface area contributed by atoms with E-state index in [0.29, 0.717) is 22.8 Å². The van der Waals surface area contributed by atoms with Crippen molar-refractivity contribution in [3.8, 4) is 11.6 Å². The highest BCUT2D eigenvalue weighted by Gasteiger charge is 2.16. The summed E-state index contributed by atoms with van der Waals surface area (Å²) in [5.41, 5.74) is 2.04. The molecule has 2 aromatic carbocycles. The number of nitrogens with one attached hydrogen (secondary N) is 1. The van der Waals surface area contributed by atoms with Crippen LogP contribution >= 0.6 is 0 Å². The van der Waals surface area contributed by atoms with Crippen LogP contribution in [0.4, 0.5) is 10.2 Å². The highest BCUT2D eigenvalue weighted by molar-refractivity contribution is 5.96. The van der Waals surface area contributed by atoms with E-state index in [2.05, 4.69) is 15.3 Å². The molecule has 0 aliphatic heterocycles. The number of anilines is 1. The second kappa shape index (κ2) is 8.39. The first kappa shape index (κ1) is 20.3. The number of halogens is 1. The number of nitrogens with zero attached hydrogens (tertiary/aromatic N) is 2. The zero-order valence-electron chi connectivity index (χ0n) is 17.0. The van der Waals surface area contributed by atoms with E-state index < -0.39 is 11.8 Å². The van der Waals surface area contributed by atoms with E-state index >= 15 is 0 Å². The number of rotatable bonds is 6. The predicted octanol–water partition coefficient (Wildman–Crippen LogP) is 5.74. The van der Waals surface area contributed by atoms with Gasteiger partial charge in [0.15, 0.2) is 0 Å². The van der Waals surface area contributed by atoms with Crippen LogP contribution in [0.25, 0.3) is 10.8 Å². The zero-order chi connectivity index (χ0) is 22.0. The number of aromatic carboxylic acids is 1. The Balaban J connectivity index is 1.70. The van der Waals surface area contributed by atoms with Gasteiger partial charge in [0, 0.05) is 18.5 Å². The Kier molecular flexibility index (Phi) is 5.49. The van der Waals surface area contributed by atoms with Crippen molar-refractivity contribution < 1.29 is 19.0 Å². The molecule has 4 rings (SSSR count). The third kappa shape index (κ3) is 4.30. The van der Waals surface area contributed by atoms with E-state index in [-0.39, 0.29) is 11.6 Å². The van der Waals surface area contributed by atoms with Crippen molar-refractivity contribution in [1.29, 1.82) is 0 Å². The largest absolute Gasteiger partial charge is 0.478 e. The number of carboxylic acids is 1. The van der Waals surface area contributed by atoms with Gasteiger partial charge in [0.1, 0.15) is 17.4 Å². The lowest BCUT2D eigenvalue weighted by atomic mass is 9.99. The number of carbonyl (C=O) groups is 1. The number of aromatic nitrogens is 2. The molecule has 156 valence electrons. The number of hydrogen-bond acceptors (Lipinski definition) is 5. The number of hydrogen-bond donors (Lipinski definition) is 2. The minimum absolute atomic E-state index is 0.164. The van der Waals surface area contributed by atoms with Crippen molar-refractivity contribution in [3.63, 3.8) is 0 Å². The van der Waals surface area contributed by atoms with Crippen LogP contribution in [0.5, 0.6) is 11.6 Å². The molecule has 1 atom stereocenters. The van der Waals surface area contributed by atoms with Gasteiger partial charge in [-0.05, 0) is 66.8 Å². The van der Waals surface area contributed by atoms with E-state index in [4.69, 9.17) is 4.74 Å². The van der Waals surface area contributed by atoms with E-state index in [9.17, 15) is 14.3 Å². The highest BCUT2D eigenvalue weighted by Crippen LogP contribution is 2.34. The summed E-state index contributed by atoms with van der Waals surface area (Å²) in [6.07, 6.45) is 3.31. The first-order valence-corrected chi connectivity index (χ1v) is 9.70. The lowest BCUT2D eigenvalue weighted by molar-refractivity contribution is 0.0696. The Morgan fingerprint density at radius 1 is 1.10 bits per heavy atom. The van der Waals surface area contributed by atoms with Gasteiger partial charge >= 0.3 is 5.97 Å². The Morgan fingerprint density at radius 3 is 2.58 bits per heavy atom. The van der Waals surface area contributed by atoms with Crippen molar-refractivity contribution in [3.05, 3.63) is 89.5 Å². The molecule has 6 nitrogen and oxygen atoms in total. The molecule has 1 unspecified atom stereocenters. The quantitative estimate of drug-likeness (QED) is 0.416. The summed E-state index contributed by atoms with van der Waals surface area (Å²) in [5.74, 6) is -0.155. The summed E-state index contributed by atoms with van der Waals surface area (Å²) in [7, 11) is 0. The van der Waals surface area contributed by atoms with Crippen LogP contribution in [-0.2, 0) is 0 Å². The fourth-order valence-corrected chi connectivity index (χ4v) is 3.50. The van der Waals surface area contributed by atoms with Crippen LogP contribution in [0.1, 0.15) is 34.5 Å². The Bertz CT molecular complexity index is 1270. The van der Waals surface area contributed by atoms with Gasteiger partial charge < -0.3 is 15.2 Å². The molecule has 0 radical (unpaired) electrons. The molecule has 0 spiro atoms. The van der Waals surface area contributed by atoms with Crippen molar-refractivity contribution >= 4 is 22.6 Å². The van der Waals surface area contributed by atoms with Crippen LogP contribution in [0.15, 0.2) is 67.0 Å². The van der Waals surface area contributed by atoms with Crippen molar-refractivity contribution in [2.75, 3.05) is 5.32 Å². The average molecular weight is 417 g/mol. The van der Waals surface area contributed by atoms with Gasteiger partial charge in [-0.3, -0.25) is 0 Å². The molecule has 4 aromatic rings. The minimum Gasteiger partial charge on any atom is -0.478 e. The zero-order valence-corrected chi connectivity index (χ0v) is 17.0. The molecule has 31 heavy (non-hydrogen) atoms. The second-order valence-electron chi connectivity index (χ2n) is 7.18. The van der Waals surface area contributed by atoms with Gasteiger partial charge in [0.2, 0.25) is 5.88 Å². The molecule has 0 saturated heterocycles. The SMILES string of the molecule is Cc1cc(C(=O)O)ccc1C(C)Nc1nccc2ccnc(Oc3cccc(F)c3)c12. The third-order valence-corrected chi connectivity index (χ3v) is 4.99. The molecule has 0 saturated carbocycles. The molecule has 2 N–H and O–H groups in total. The first-order chi connectivity index (χ1) is 14.9. The van der Waals surface area contributed by atoms with Crippen LogP contribution in [0.3, 0.4) is 0 Å². The summed E-state index contributed by atoms with van der Waals surface area (Å²) >= 11 is 0. The molecule has 0 amide bonds. The van der Waals surface area contributed by atoms with Gasteiger partial charge in [-0.1, -0.05) is 12.1 Å². The molecule has 0 aliphatic rings. The Labute approximate surface area is 178 Å². The van der Waals surface area contributed by atoms with Crippen LogP contribution in [0, 0.1) is 12.7 Å². The van der Waals surface area contributed by atoms with Gasteiger partial charge in [-0.25, -0.2) is 19.2 Å². The topological polar surface area (TPSA) is 84.3 Å². The number of ether oxygens (including phenoxy) is 1. The molecule has 2 heterocycles. The Morgan fingerprint density at radius 2 is 1.87 bits per heavy atom. The number of carboxylic acid groups (broad SMARTS) is 1. The molecule has 7 heteroatoms. The van der Waals surface area contributed by atoms with E-state index in [1.807, 2.05) is 26.0 Å². The van der Waals surface area contributed by atoms with Crippen LogP contribution in [-0.4, -0.2) is 21.0 Å². The number of fused-ring (bicyclic) bond motifs is 1. The highest BCUT2D eigenvalue weighted by atomic mass is 19.1. The molecule has 0 bridgehead atoms. The normalized spacial score (nSPS) is 11.8. The summed E-state index contributed by atoms with van der Waals surface area (Å²) < 4.78 is 19.4. The summed E-state index contributed by atoms with van der Waals surface area (Å²) in [4.78, 5) is 20.0. The van der Waals surface area contributed by atoms with E-state index in [1.54, 1.807) is 42.7 Å². The summed E-state index contributed by atoms with van der Waals surface area (Å²) in [6, 6.07) is 14.4. The van der Waals surface area contributed by atoms with E-state index in [0.717, 1.165) is 16.5 Å². The predicted molar refractivity (Wildman–Crippen MR) is 116 cm³/mol. The maximum Gasteiger partial charge on any atom is 0.335 e. The monoisotopic (exact) mass is 417 g/mol. The lowest BCUT2D eigenvalue weighted by Gasteiger charge is -2.19. The number of aryl methyl sites for hydroxylation is 1. The summed E-state index contributed by atoms with van der Waals surface area (Å²) in [6.45, 7) is 3.84. The van der Waals surface area contributed by atoms with Crippen molar-refractivity contribution in [2.45, 2.75) is 19.9 Å². The van der Waals surface area contributed by atoms with Crippen molar-refractivity contribution in [2.24, 2.45) is 0 Å². The fourth-order valence-electron chi connectivity index (χ4n) is 3.50. The van der Waals surface area contributed by atoms with Gasteiger partial charge in [0.05, 0.1) is 17.0 Å². The molecule has 0 fully saturated rings. The first-order valence-electron chi connectivity index (χ1n) is 9.70. The minimum atomic E-state index is -0.962. The van der Waals surface area contributed by atoms with Crippen LogP contribution < -0.4 is 10.1 Å². The maximum atomic E-state index is 13.6. The molecule has 2 aromatic heterocycles. The van der Waals surface area contributed by atoms with Gasteiger partial charge in [-0.15, -0.1) is 0 Å². The second-order valence-corrected chi connectivity index (χ2v) is 7.18. The maximum absolute atomic E-state index is 13.6. The van der Waals surface area contributed by atoms with Gasteiger partial charge in [-0.2, -0.15) is 0 Å². The lowest BCUT2D eigenvalue weighted by Crippen LogP contribution is -2.11. The number of pyridine rings is 2. The molecular weight excluding hydrogens is 397 g/mol. The number of benzene rings is 2. The van der Waals surface area contributed by atoms with Crippen LogP contribution in [0.2, 0.25) is 0 Å². The Hall–Kier alpha value is -4.00. The average Bonchev–Trinajstić information content (AvgIpc) is 2.74. The molecule has 0 aliphatic carbocycles. The fraction of sp³-hybridized carbons (Fsp3) is 0.125. The summed E-state index contributed by atoms with van der Waals surface area (Å²) in [5, 5.41) is 14.1. The van der Waals surface area contributed by atoms with Crippen molar-refractivity contribution in [1.82, 2.24) is 9.97 Å². The third-order valence-electron chi connectivity index (χ3n) is 4.99. The smallest absolute Gasteiger partial charge is 0.335 e. The standard InChI is InChI=1S/C24H20FN3O3/c1-14-12-17(24(29)30)6-7-20(14)15(2)28-22-21-16(8-10-26-22)9-11-27-23(21)31-19-5-3-4-18(25)13-19/h3-13,15H,1-2H3,(H,26,28)(H,29,30).